The third-order valence-electron chi connectivity index (χ3n) is 2.65. The molecule has 6 heteroatoms. The molecule has 2 aromatic heterocycles. The molecular weight excluding hydrogens is 246 g/mol. The first-order valence-corrected chi connectivity index (χ1v) is 6.25. The molecule has 0 radical (unpaired) electrons. The Hall–Kier alpha value is -1.66. The molecule has 0 saturated carbocycles. The fourth-order valence-electron chi connectivity index (χ4n) is 1.71. The standard InChI is InChI=1S/C13H19N3O3/c1-7(2)17-6-11(14)12-15-13(19-16-12)10-5-8(3)18-9(10)4/h5,7,11H,6,14H2,1-4H3. The van der Waals surface area contributed by atoms with E-state index in [1.165, 1.54) is 0 Å². The molecule has 0 fully saturated rings. The van der Waals surface area contributed by atoms with E-state index in [0.717, 1.165) is 17.1 Å². The highest BCUT2D eigenvalue weighted by molar-refractivity contribution is 5.56. The van der Waals surface area contributed by atoms with E-state index in [0.29, 0.717) is 18.3 Å². The minimum absolute atomic E-state index is 0.121. The molecule has 0 aliphatic rings. The second-order valence-electron chi connectivity index (χ2n) is 4.77. The Morgan fingerprint density at radius 3 is 2.68 bits per heavy atom. The number of hydrogen-bond donors (Lipinski definition) is 1. The summed E-state index contributed by atoms with van der Waals surface area (Å²) in [5.41, 5.74) is 6.74. The van der Waals surface area contributed by atoms with Crippen LogP contribution >= 0.6 is 0 Å². The molecule has 0 aromatic carbocycles. The summed E-state index contributed by atoms with van der Waals surface area (Å²) >= 11 is 0. The predicted octanol–water partition coefficient (Wildman–Crippen LogP) is 2.37. The summed E-state index contributed by atoms with van der Waals surface area (Å²) < 4.78 is 16.1. The van der Waals surface area contributed by atoms with Crippen LogP contribution in [-0.2, 0) is 4.74 Å². The highest BCUT2D eigenvalue weighted by Gasteiger charge is 2.18. The van der Waals surface area contributed by atoms with Crippen molar-refractivity contribution in [2.45, 2.75) is 39.8 Å². The molecule has 2 aromatic rings. The fourth-order valence-corrected chi connectivity index (χ4v) is 1.71. The van der Waals surface area contributed by atoms with E-state index in [-0.39, 0.29) is 6.10 Å². The molecule has 0 bridgehead atoms. The van der Waals surface area contributed by atoms with Crippen LogP contribution in [0.15, 0.2) is 15.0 Å². The number of ether oxygens (including phenoxy) is 1. The van der Waals surface area contributed by atoms with Gasteiger partial charge >= 0.3 is 0 Å². The molecule has 0 spiro atoms. The highest BCUT2D eigenvalue weighted by Crippen LogP contribution is 2.25. The lowest BCUT2D eigenvalue weighted by Crippen LogP contribution is -2.20. The van der Waals surface area contributed by atoms with Crippen LogP contribution in [0.25, 0.3) is 11.5 Å². The Kier molecular flexibility index (Phi) is 4.01. The fraction of sp³-hybridized carbons (Fsp3) is 0.538. The smallest absolute Gasteiger partial charge is 0.261 e. The molecule has 0 saturated heterocycles. The van der Waals surface area contributed by atoms with Gasteiger partial charge in [0.1, 0.15) is 11.5 Å². The summed E-state index contributed by atoms with van der Waals surface area (Å²) in [6.45, 7) is 7.99. The maximum atomic E-state index is 5.94. The zero-order chi connectivity index (χ0) is 14.0. The summed E-state index contributed by atoms with van der Waals surface area (Å²) in [6, 6.07) is 1.47. The molecule has 0 amide bonds. The van der Waals surface area contributed by atoms with E-state index in [4.69, 9.17) is 19.4 Å². The first-order chi connectivity index (χ1) is 8.97. The number of hydrogen-bond acceptors (Lipinski definition) is 6. The van der Waals surface area contributed by atoms with E-state index in [2.05, 4.69) is 10.1 Å². The summed E-state index contributed by atoms with van der Waals surface area (Å²) in [5, 5.41) is 3.89. The first-order valence-electron chi connectivity index (χ1n) is 6.25. The third-order valence-corrected chi connectivity index (χ3v) is 2.65. The van der Waals surface area contributed by atoms with Gasteiger partial charge in [-0.15, -0.1) is 0 Å². The molecule has 1 unspecified atom stereocenters. The van der Waals surface area contributed by atoms with Gasteiger partial charge in [-0.05, 0) is 33.8 Å². The van der Waals surface area contributed by atoms with Crippen molar-refractivity contribution in [1.82, 2.24) is 10.1 Å². The number of nitrogens with two attached hydrogens (primary N) is 1. The maximum Gasteiger partial charge on any atom is 0.261 e. The lowest BCUT2D eigenvalue weighted by Gasteiger charge is -2.10. The molecule has 19 heavy (non-hydrogen) atoms. The monoisotopic (exact) mass is 265 g/mol. The maximum absolute atomic E-state index is 5.94. The average molecular weight is 265 g/mol. The van der Waals surface area contributed by atoms with Crippen LogP contribution in [0.3, 0.4) is 0 Å². The van der Waals surface area contributed by atoms with E-state index < -0.39 is 6.04 Å². The zero-order valence-corrected chi connectivity index (χ0v) is 11.6. The van der Waals surface area contributed by atoms with E-state index in [9.17, 15) is 0 Å². The van der Waals surface area contributed by atoms with Crippen molar-refractivity contribution >= 4 is 0 Å². The predicted molar refractivity (Wildman–Crippen MR) is 69.5 cm³/mol. The van der Waals surface area contributed by atoms with E-state index >= 15 is 0 Å². The van der Waals surface area contributed by atoms with Crippen molar-refractivity contribution in [2.75, 3.05) is 6.61 Å². The van der Waals surface area contributed by atoms with Crippen molar-refractivity contribution in [3.05, 3.63) is 23.4 Å². The molecular formula is C13H19N3O3. The molecule has 1 atom stereocenters. The quantitative estimate of drug-likeness (QED) is 0.893. The Bertz CT molecular complexity index is 545. The number of nitrogens with zero attached hydrogens (tertiary/aromatic N) is 2. The van der Waals surface area contributed by atoms with Gasteiger partial charge in [-0.25, -0.2) is 0 Å². The lowest BCUT2D eigenvalue weighted by atomic mass is 10.2. The summed E-state index contributed by atoms with van der Waals surface area (Å²) in [5.74, 6) is 2.41. The van der Waals surface area contributed by atoms with Gasteiger partial charge < -0.3 is 19.4 Å². The first kappa shape index (κ1) is 13.8. The van der Waals surface area contributed by atoms with Crippen LogP contribution < -0.4 is 5.73 Å². The van der Waals surface area contributed by atoms with Crippen molar-refractivity contribution < 1.29 is 13.7 Å². The van der Waals surface area contributed by atoms with Crippen molar-refractivity contribution in [3.8, 4) is 11.5 Å². The second-order valence-corrected chi connectivity index (χ2v) is 4.77. The Balaban J connectivity index is 2.12. The molecule has 6 nitrogen and oxygen atoms in total. The van der Waals surface area contributed by atoms with Crippen molar-refractivity contribution in [3.63, 3.8) is 0 Å². The van der Waals surface area contributed by atoms with Crippen LogP contribution in [0, 0.1) is 13.8 Å². The summed E-state index contributed by atoms with van der Waals surface area (Å²) in [6.07, 6.45) is 0.121. The summed E-state index contributed by atoms with van der Waals surface area (Å²) in [4.78, 5) is 4.29. The Morgan fingerprint density at radius 2 is 2.11 bits per heavy atom. The third kappa shape index (κ3) is 3.21. The molecule has 0 aliphatic heterocycles. The van der Waals surface area contributed by atoms with Gasteiger partial charge in [-0.2, -0.15) is 4.98 Å². The van der Waals surface area contributed by atoms with Crippen LogP contribution in [-0.4, -0.2) is 22.9 Å². The minimum atomic E-state index is -0.395. The van der Waals surface area contributed by atoms with Crippen molar-refractivity contribution in [2.24, 2.45) is 5.73 Å². The highest BCUT2D eigenvalue weighted by atomic mass is 16.5. The Labute approximate surface area is 111 Å². The van der Waals surface area contributed by atoms with Crippen molar-refractivity contribution in [1.29, 1.82) is 0 Å². The number of aryl methyl sites for hydroxylation is 2. The summed E-state index contributed by atoms with van der Waals surface area (Å²) in [7, 11) is 0. The van der Waals surface area contributed by atoms with Gasteiger partial charge in [0.25, 0.3) is 5.89 Å². The van der Waals surface area contributed by atoms with Crippen LogP contribution in [0.5, 0.6) is 0 Å². The van der Waals surface area contributed by atoms with Crippen LogP contribution in [0.2, 0.25) is 0 Å². The van der Waals surface area contributed by atoms with Gasteiger partial charge in [0.15, 0.2) is 5.82 Å². The molecule has 2 N–H and O–H groups in total. The van der Waals surface area contributed by atoms with Gasteiger partial charge in [-0.1, -0.05) is 5.16 Å². The Morgan fingerprint density at radius 1 is 1.37 bits per heavy atom. The number of furan rings is 1. The minimum Gasteiger partial charge on any atom is -0.466 e. The normalized spacial score (nSPS) is 13.2. The second kappa shape index (κ2) is 5.54. The van der Waals surface area contributed by atoms with Crippen LogP contribution in [0.1, 0.15) is 37.2 Å². The van der Waals surface area contributed by atoms with Gasteiger partial charge in [-0.3, -0.25) is 0 Å². The molecule has 2 rings (SSSR count). The largest absolute Gasteiger partial charge is 0.466 e. The van der Waals surface area contributed by atoms with Gasteiger partial charge in [0.05, 0.1) is 24.3 Å². The zero-order valence-electron chi connectivity index (χ0n) is 11.6. The van der Waals surface area contributed by atoms with E-state index in [1.807, 2.05) is 33.8 Å². The SMILES string of the molecule is Cc1cc(-c2nc(C(N)COC(C)C)no2)c(C)o1. The van der Waals surface area contributed by atoms with Gasteiger partial charge in [0, 0.05) is 0 Å². The molecule has 2 heterocycles. The van der Waals surface area contributed by atoms with Gasteiger partial charge in [0.2, 0.25) is 0 Å². The average Bonchev–Trinajstić information content (AvgIpc) is 2.92. The number of rotatable bonds is 5. The number of aromatic nitrogens is 2. The topological polar surface area (TPSA) is 87.3 Å². The van der Waals surface area contributed by atoms with Crippen LogP contribution in [0.4, 0.5) is 0 Å². The molecule has 0 aliphatic carbocycles. The lowest BCUT2D eigenvalue weighted by molar-refractivity contribution is 0.0665. The molecule has 104 valence electrons. The van der Waals surface area contributed by atoms with E-state index in [1.54, 1.807) is 0 Å².